The Morgan fingerprint density at radius 1 is 1.20 bits per heavy atom. The molecule has 4 aromatic rings. The highest BCUT2D eigenvalue weighted by Gasteiger charge is 2.46. The Labute approximate surface area is 174 Å². The molecule has 6 rings (SSSR count). The maximum atomic E-state index is 15.0. The van der Waals surface area contributed by atoms with Gasteiger partial charge in [-0.2, -0.15) is 10.2 Å². The summed E-state index contributed by atoms with van der Waals surface area (Å²) in [5.41, 5.74) is 5.14. The fourth-order valence-electron chi connectivity index (χ4n) is 4.82. The zero-order chi connectivity index (χ0) is 20.5. The van der Waals surface area contributed by atoms with Crippen molar-refractivity contribution in [3.63, 3.8) is 0 Å². The lowest BCUT2D eigenvalue weighted by atomic mass is 9.98. The zero-order valence-electron chi connectivity index (χ0n) is 17.3. The minimum atomic E-state index is -0.296. The van der Waals surface area contributed by atoms with Crippen LogP contribution in [0, 0.1) is 12.7 Å². The van der Waals surface area contributed by atoms with E-state index < -0.39 is 0 Å². The van der Waals surface area contributed by atoms with Crippen LogP contribution in [0.4, 0.5) is 4.39 Å². The molecule has 0 bridgehead atoms. The van der Waals surface area contributed by atoms with Crippen molar-refractivity contribution in [1.82, 2.24) is 29.7 Å². The lowest BCUT2D eigenvalue weighted by Crippen LogP contribution is -2.40. The number of fused-ring (bicyclic) bond motifs is 2. The summed E-state index contributed by atoms with van der Waals surface area (Å²) < 4.78 is 18.8. The molecule has 1 aromatic carbocycles. The summed E-state index contributed by atoms with van der Waals surface area (Å²) in [7, 11) is 0. The van der Waals surface area contributed by atoms with Gasteiger partial charge in [0.1, 0.15) is 5.52 Å². The van der Waals surface area contributed by atoms with Gasteiger partial charge >= 0.3 is 0 Å². The molecule has 2 aliphatic rings. The van der Waals surface area contributed by atoms with Crippen LogP contribution in [0.2, 0.25) is 0 Å². The molecule has 1 aliphatic carbocycles. The minimum absolute atomic E-state index is 0.296. The average Bonchev–Trinajstić information content (AvgIpc) is 3.17. The maximum Gasteiger partial charge on any atom is 0.156 e. The molecule has 1 atom stereocenters. The van der Waals surface area contributed by atoms with Crippen molar-refractivity contribution < 1.29 is 4.39 Å². The quantitative estimate of drug-likeness (QED) is 0.556. The molecule has 1 N–H and O–H groups in total. The first-order valence-corrected chi connectivity index (χ1v) is 10.8. The van der Waals surface area contributed by atoms with Gasteiger partial charge in [0.15, 0.2) is 11.5 Å². The van der Waals surface area contributed by atoms with E-state index in [9.17, 15) is 0 Å². The fraction of sp³-hybridized carbons (Fsp3) is 0.435. The molecule has 3 aromatic heterocycles. The number of imidazole rings is 1. The van der Waals surface area contributed by atoms with Gasteiger partial charge in [0, 0.05) is 22.7 Å². The lowest BCUT2D eigenvalue weighted by molar-refractivity contribution is 0.271. The van der Waals surface area contributed by atoms with Crippen LogP contribution in [-0.2, 0) is 6.42 Å². The second kappa shape index (κ2) is 6.35. The third-order valence-electron chi connectivity index (χ3n) is 6.73. The van der Waals surface area contributed by atoms with E-state index in [2.05, 4.69) is 22.3 Å². The molecule has 2 fully saturated rings. The standard InChI is InChI=1S/C23H25FN6/c1-3-17-13-30-22(26-17)14(2)8-20(27-30)15-9-16-12-29(28-21(16)19(24)10-15)18-4-7-25-23(11-18)5-6-23/h8-10,12-13,18,25H,3-7,11H2,1-2H3. The molecule has 0 amide bonds. The highest BCUT2D eigenvalue weighted by molar-refractivity contribution is 5.84. The SMILES string of the molecule is CCc1cn2nc(-c3cc(F)c4nn(C5CCNC6(CC6)C5)cc4c3)cc(C)c2n1. The highest BCUT2D eigenvalue weighted by Crippen LogP contribution is 2.45. The predicted octanol–water partition coefficient (Wildman–Crippen LogP) is 4.21. The van der Waals surface area contributed by atoms with E-state index in [1.54, 1.807) is 10.6 Å². The molecule has 1 saturated heterocycles. The Bertz CT molecular complexity index is 1280. The van der Waals surface area contributed by atoms with Crippen LogP contribution < -0.4 is 5.32 Å². The van der Waals surface area contributed by atoms with Gasteiger partial charge in [-0.15, -0.1) is 0 Å². The molecule has 1 unspecified atom stereocenters. The van der Waals surface area contributed by atoms with Crippen molar-refractivity contribution >= 4 is 16.6 Å². The van der Waals surface area contributed by atoms with Crippen LogP contribution in [0.15, 0.2) is 30.6 Å². The molecule has 1 spiro atoms. The van der Waals surface area contributed by atoms with E-state index in [0.29, 0.717) is 17.1 Å². The first kappa shape index (κ1) is 18.0. The van der Waals surface area contributed by atoms with Gasteiger partial charge in [-0.05, 0) is 69.3 Å². The van der Waals surface area contributed by atoms with Gasteiger partial charge in [-0.25, -0.2) is 13.9 Å². The number of nitrogens with one attached hydrogen (secondary N) is 1. The first-order valence-electron chi connectivity index (χ1n) is 10.8. The van der Waals surface area contributed by atoms with Crippen molar-refractivity contribution in [3.05, 3.63) is 47.7 Å². The number of hydrogen-bond acceptors (Lipinski definition) is 4. The minimum Gasteiger partial charge on any atom is -0.311 e. The van der Waals surface area contributed by atoms with Crippen LogP contribution in [-0.4, -0.2) is 36.5 Å². The smallest absolute Gasteiger partial charge is 0.156 e. The molecule has 6 nitrogen and oxygen atoms in total. The van der Waals surface area contributed by atoms with Gasteiger partial charge in [-0.3, -0.25) is 4.68 Å². The van der Waals surface area contributed by atoms with Gasteiger partial charge in [0.05, 0.1) is 23.6 Å². The Morgan fingerprint density at radius 2 is 2.07 bits per heavy atom. The molecular weight excluding hydrogens is 379 g/mol. The summed E-state index contributed by atoms with van der Waals surface area (Å²) >= 11 is 0. The molecule has 0 radical (unpaired) electrons. The van der Waals surface area contributed by atoms with Gasteiger partial charge in [0.25, 0.3) is 0 Å². The second-order valence-corrected chi connectivity index (χ2v) is 8.93. The van der Waals surface area contributed by atoms with Crippen molar-refractivity contribution in [2.24, 2.45) is 0 Å². The second-order valence-electron chi connectivity index (χ2n) is 8.93. The molecule has 4 heterocycles. The summed E-state index contributed by atoms with van der Waals surface area (Å²) in [5, 5.41) is 13.8. The molecule has 1 aliphatic heterocycles. The summed E-state index contributed by atoms with van der Waals surface area (Å²) in [6, 6.07) is 5.87. The van der Waals surface area contributed by atoms with Crippen LogP contribution >= 0.6 is 0 Å². The number of piperidine rings is 1. The number of aromatic nitrogens is 5. The van der Waals surface area contributed by atoms with E-state index in [1.807, 2.05) is 36.1 Å². The van der Waals surface area contributed by atoms with Crippen molar-refractivity contribution in [1.29, 1.82) is 0 Å². The summed E-state index contributed by atoms with van der Waals surface area (Å²) in [6.45, 7) is 5.10. The number of benzene rings is 1. The third-order valence-corrected chi connectivity index (χ3v) is 6.73. The average molecular weight is 404 g/mol. The van der Waals surface area contributed by atoms with Crippen LogP contribution in [0.3, 0.4) is 0 Å². The topological polar surface area (TPSA) is 60.0 Å². The lowest BCUT2D eigenvalue weighted by Gasteiger charge is -2.30. The van der Waals surface area contributed by atoms with E-state index in [4.69, 9.17) is 5.10 Å². The zero-order valence-corrected chi connectivity index (χ0v) is 17.3. The van der Waals surface area contributed by atoms with Gasteiger partial charge in [-0.1, -0.05) is 6.92 Å². The van der Waals surface area contributed by atoms with E-state index in [0.717, 1.165) is 59.4 Å². The molecule has 7 heteroatoms. The largest absolute Gasteiger partial charge is 0.311 e. The number of hydrogen-bond donors (Lipinski definition) is 1. The maximum absolute atomic E-state index is 15.0. The van der Waals surface area contributed by atoms with Gasteiger partial charge in [0.2, 0.25) is 0 Å². The molecular formula is C23H25FN6. The van der Waals surface area contributed by atoms with Crippen LogP contribution in [0.25, 0.3) is 27.8 Å². The van der Waals surface area contributed by atoms with E-state index in [1.165, 1.54) is 12.8 Å². The predicted molar refractivity (Wildman–Crippen MR) is 114 cm³/mol. The Balaban J connectivity index is 1.41. The van der Waals surface area contributed by atoms with Crippen LogP contribution in [0.5, 0.6) is 0 Å². The summed E-state index contributed by atoms with van der Waals surface area (Å²) in [5.74, 6) is -0.296. The normalized spacial score (nSPS) is 20.4. The Hall–Kier alpha value is -2.80. The number of halogens is 1. The highest BCUT2D eigenvalue weighted by atomic mass is 19.1. The van der Waals surface area contributed by atoms with Gasteiger partial charge < -0.3 is 5.32 Å². The summed E-state index contributed by atoms with van der Waals surface area (Å²) in [4.78, 5) is 4.61. The Kier molecular flexibility index (Phi) is 3.81. The monoisotopic (exact) mass is 404 g/mol. The number of nitrogens with zero attached hydrogens (tertiary/aromatic N) is 5. The van der Waals surface area contributed by atoms with E-state index in [-0.39, 0.29) is 5.82 Å². The summed E-state index contributed by atoms with van der Waals surface area (Å²) in [6.07, 6.45) is 9.40. The molecule has 30 heavy (non-hydrogen) atoms. The van der Waals surface area contributed by atoms with Crippen LogP contribution in [0.1, 0.15) is 49.9 Å². The fourth-order valence-corrected chi connectivity index (χ4v) is 4.82. The number of aryl methyl sites for hydroxylation is 2. The van der Waals surface area contributed by atoms with Crippen molar-refractivity contribution in [3.8, 4) is 11.3 Å². The van der Waals surface area contributed by atoms with E-state index >= 15 is 4.39 Å². The third kappa shape index (κ3) is 2.83. The number of rotatable bonds is 3. The van der Waals surface area contributed by atoms with Crippen molar-refractivity contribution in [2.45, 2.75) is 57.5 Å². The Morgan fingerprint density at radius 3 is 2.87 bits per heavy atom. The van der Waals surface area contributed by atoms with Crippen molar-refractivity contribution in [2.75, 3.05) is 6.54 Å². The first-order chi connectivity index (χ1) is 14.5. The molecule has 154 valence electrons. The molecule has 1 saturated carbocycles.